The molecule has 1 N–H and O–H groups in total. The maximum absolute atomic E-state index is 11.0. The van der Waals surface area contributed by atoms with E-state index in [2.05, 4.69) is 18.7 Å². The predicted octanol–water partition coefficient (Wildman–Crippen LogP) is 2.46. The highest BCUT2D eigenvalue weighted by Gasteiger charge is 2.26. The summed E-state index contributed by atoms with van der Waals surface area (Å²) < 4.78 is 5.26. The van der Waals surface area contributed by atoms with Gasteiger partial charge in [0.05, 0.1) is 12.8 Å². The minimum atomic E-state index is -0.909. The number of hydrogen-bond acceptors (Lipinski definition) is 3. The average molecular weight is 237 g/mol. The van der Waals surface area contributed by atoms with E-state index in [4.69, 9.17) is 9.52 Å². The Morgan fingerprint density at radius 2 is 2.41 bits per heavy atom. The molecule has 1 aliphatic heterocycles. The molecule has 1 aromatic rings. The summed E-state index contributed by atoms with van der Waals surface area (Å²) in [6.45, 7) is 7.16. The second kappa shape index (κ2) is 4.92. The first-order valence-corrected chi connectivity index (χ1v) is 6.10. The number of hydrogen-bond donors (Lipinski definition) is 1. The zero-order valence-electron chi connectivity index (χ0n) is 10.3. The molecule has 1 unspecified atom stereocenters. The molecule has 1 saturated heterocycles. The van der Waals surface area contributed by atoms with E-state index in [0.29, 0.717) is 18.2 Å². The van der Waals surface area contributed by atoms with E-state index in [1.165, 1.54) is 18.8 Å². The van der Waals surface area contributed by atoms with E-state index in [0.717, 1.165) is 19.0 Å². The van der Waals surface area contributed by atoms with E-state index >= 15 is 0 Å². The minimum Gasteiger partial charge on any atom is -0.478 e. The summed E-state index contributed by atoms with van der Waals surface area (Å²) in [5.41, 5.74) is 0.290. The van der Waals surface area contributed by atoms with Gasteiger partial charge in [0.25, 0.3) is 0 Å². The molecule has 0 spiro atoms. The second-order valence-corrected chi connectivity index (χ2v) is 5.09. The van der Waals surface area contributed by atoms with Crippen molar-refractivity contribution in [1.29, 1.82) is 0 Å². The zero-order chi connectivity index (χ0) is 12.4. The second-order valence-electron chi connectivity index (χ2n) is 5.09. The summed E-state index contributed by atoms with van der Waals surface area (Å²) in [6, 6.07) is 1.52. The van der Waals surface area contributed by atoms with Crippen molar-refractivity contribution in [2.75, 3.05) is 13.1 Å². The highest BCUT2D eigenvalue weighted by atomic mass is 16.4. The van der Waals surface area contributed by atoms with Crippen molar-refractivity contribution in [2.45, 2.75) is 26.8 Å². The van der Waals surface area contributed by atoms with E-state index in [9.17, 15) is 4.79 Å². The number of furan rings is 1. The third kappa shape index (κ3) is 2.69. The molecule has 0 saturated carbocycles. The van der Waals surface area contributed by atoms with Gasteiger partial charge in [-0.3, -0.25) is 4.90 Å². The Bertz CT molecular complexity index is 397. The normalized spacial score (nSPS) is 21.2. The summed E-state index contributed by atoms with van der Waals surface area (Å²) in [5, 5.41) is 8.99. The van der Waals surface area contributed by atoms with Crippen LogP contribution in [0.15, 0.2) is 16.7 Å². The smallest absolute Gasteiger partial charge is 0.339 e. The number of aromatic carboxylic acids is 1. The molecule has 0 aromatic carbocycles. The molecule has 0 bridgehead atoms. The lowest BCUT2D eigenvalue weighted by atomic mass is 9.95. The van der Waals surface area contributed by atoms with Crippen LogP contribution in [0.4, 0.5) is 0 Å². The molecule has 1 aliphatic rings. The summed E-state index contributed by atoms with van der Waals surface area (Å²) in [6.07, 6.45) is 2.65. The standard InChI is InChI=1S/C13H19NO3/c1-9(2)10-3-5-14(7-10)8-12-11(13(15)16)4-6-17-12/h4,6,9-10H,3,5,7-8H2,1-2H3,(H,15,16). The summed E-state index contributed by atoms with van der Waals surface area (Å²) >= 11 is 0. The van der Waals surface area contributed by atoms with Crippen LogP contribution >= 0.6 is 0 Å². The number of carbonyl (C=O) groups is 1. The summed E-state index contributed by atoms with van der Waals surface area (Å²) in [5.74, 6) is 1.07. The van der Waals surface area contributed by atoms with Gasteiger partial charge in [-0.25, -0.2) is 4.79 Å². The lowest BCUT2D eigenvalue weighted by molar-refractivity contribution is 0.0693. The number of carboxylic acid groups (broad SMARTS) is 1. The molecule has 1 aromatic heterocycles. The van der Waals surface area contributed by atoms with Crippen LogP contribution in [0, 0.1) is 11.8 Å². The Hall–Kier alpha value is -1.29. The van der Waals surface area contributed by atoms with Crippen molar-refractivity contribution >= 4 is 5.97 Å². The van der Waals surface area contributed by atoms with Gasteiger partial charge in [0.15, 0.2) is 0 Å². The lowest BCUT2D eigenvalue weighted by Crippen LogP contribution is -2.22. The summed E-state index contributed by atoms with van der Waals surface area (Å²) in [4.78, 5) is 13.2. The van der Waals surface area contributed by atoms with Gasteiger partial charge < -0.3 is 9.52 Å². The van der Waals surface area contributed by atoms with Crippen LogP contribution < -0.4 is 0 Å². The Kier molecular flexibility index (Phi) is 3.52. The van der Waals surface area contributed by atoms with Gasteiger partial charge in [-0.2, -0.15) is 0 Å². The number of carboxylic acids is 1. The number of rotatable bonds is 4. The van der Waals surface area contributed by atoms with Gasteiger partial charge in [-0.1, -0.05) is 13.8 Å². The van der Waals surface area contributed by atoms with Crippen LogP contribution in [0.3, 0.4) is 0 Å². The van der Waals surface area contributed by atoms with Gasteiger partial charge in [0.1, 0.15) is 11.3 Å². The molecule has 0 radical (unpaired) electrons. The first-order chi connectivity index (χ1) is 8.08. The summed E-state index contributed by atoms with van der Waals surface area (Å²) in [7, 11) is 0. The van der Waals surface area contributed by atoms with Crippen LogP contribution in [0.2, 0.25) is 0 Å². The van der Waals surface area contributed by atoms with Crippen LogP contribution in [0.5, 0.6) is 0 Å². The third-order valence-electron chi connectivity index (χ3n) is 3.59. The number of nitrogens with zero attached hydrogens (tertiary/aromatic N) is 1. The third-order valence-corrected chi connectivity index (χ3v) is 3.59. The molecule has 0 aliphatic carbocycles. The van der Waals surface area contributed by atoms with Crippen LogP contribution in [-0.4, -0.2) is 29.1 Å². The quantitative estimate of drug-likeness (QED) is 0.874. The molecular weight excluding hydrogens is 218 g/mol. The van der Waals surface area contributed by atoms with Crippen LogP contribution in [0.1, 0.15) is 36.4 Å². The molecule has 2 rings (SSSR count). The topological polar surface area (TPSA) is 53.7 Å². The van der Waals surface area contributed by atoms with Gasteiger partial charge in [0, 0.05) is 6.54 Å². The maximum Gasteiger partial charge on any atom is 0.339 e. The van der Waals surface area contributed by atoms with Crippen molar-refractivity contribution in [2.24, 2.45) is 11.8 Å². The van der Waals surface area contributed by atoms with Crippen molar-refractivity contribution in [3.63, 3.8) is 0 Å². The van der Waals surface area contributed by atoms with Crippen molar-refractivity contribution in [3.8, 4) is 0 Å². The molecule has 17 heavy (non-hydrogen) atoms. The largest absolute Gasteiger partial charge is 0.478 e. The first kappa shape index (κ1) is 12.2. The fourth-order valence-corrected chi connectivity index (χ4v) is 2.41. The highest BCUT2D eigenvalue weighted by molar-refractivity contribution is 5.88. The SMILES string of the molecule is CC(C)C1CCN(Cc2occc2C(=O)O)C1. The average Bonchev–Trinajstić information content (AvgIpc) is 2.86. The maximum atomic E-state index is 11.0. The van der Waals surface area contributed by atoms with E-state index in [1.54, 1.807) is 0 Å². The Labute approximate surface area is 101 Å². The lowest BCUT2D eigenvalue weighted by Gasteiger charge is -2.16. The predicted molar refractivity (Wildman–Crippen MR) is 63.9 cm³/mol. The van der Waals surface area contributed by atoms with Gasteiger partial charge in [-0.05, 0) is 30.9 Å². The van der Waals surface area contributed by atoms with Gasteiger partial charge in [-0.15, -0.1) is 0 Å². The Morgan fingerprint density at radius 3 is 3.00 bits per heavy atom. The Morgan fingerprint density at radius 1 is 1.65 bits per heavy atom. The number of likely N-dealkylation sites (tertiary alicyclic amines) is 1. The minimum absolute atomic E-state index is 0.290. The van der Waals surface area contributed by atoms with E-state index < -0.39 is 5.97 Å². The molecule has 1 fully saturated rings. The molecular formula is C13H19NO3. The molecule has 2 heterocycles. The fraction of sp³-hybridized carbons (Fsp3) is 0.615. The van der Waals surface area contributed by atoms with Crippen molar-refractivity contribution in [1.82, 2.24) is 4.90 Å². The van der Waals surface area contributed by atoms with Gasteiger partial charge in [0.2, 0.25) is 0 Å². The Balaban J connectivity index is 1.98. The monoisotopic (exact) mass is 237 g/mol. The van der Waals surface area contributed by atoms with E-state index in [1.807, 2.05) is 0 Å². The molecule has 0 amide bonds. The fourth-order valence-electron chi connectivity index (χ4n) is 2.41. The van der Waals surface area contributed by atoms with Crippen LogP contribution in [0.25, 0.3) is 0 Å². The zero-order valence-corrected chi connectivity index (χ0v) is 10.3. The molecule has 94 valence electrons. The first-order valence-electron chi connectivity index (χ1n) is 6.10. The molecule has 4 nitrogen and oxygen atoms in total. The van der Waals surface area contributed by atoms with Crippen molar-refractivity contribution < 1.29 is 14.3 Å². The highest BCUT2D eigenvalue weighted by Crippen LogP contribution is 2.25. The molecule has 1 atom stereocenters. The van der Waals surface area contributed by atoms with Crippen molar-refractivity contribution in [3.05, 3.63) is 23.7 Å². The van der Waals surface area contributed by atoms with Gasteiger partial charge >= 0.3 is 5.97 Å². The van der Waals surface area contributed by atoms with E-state index in [-0.39, 0.29) is 5.56 Å². The van der Waals surface area contributed by atoms with Crippen LogP contribution in [-0.2, 0) is 6.54 Å². The molecule has 4 heteroatoms.